The molecule has 1 aromatic heterocycles. The van der Waals surface area contributed by atoms with Gasteiger partial charge < -0.3 is 10.2 Å². The quantitative estimate of drug-likeness (QED) is 0.651. The van der Waals surface area contributed by atoms with Crippen molar-refractivity contribution in [1.82, 2.24) is 14.9 Å². The van der Waals surface area contributed by atoms with Gasteiger partial charge in [0, 0.05) is 35.7 Å². The molecule has 1 N–H and O–H groups in total. The molecule has 2 aliphatic rings. The number of aryl methyl sites for hydroxylation is 1. The molecule has 0 amide bonds. The molecule has 2 bridgehead atoms. The fraction of sp³-hybridized carbons (Fsp3) is 0.524. The fourth-order valence-electron chi connectivity index (χ4n) is 4.52. The summed E-state index contributed by atoms with van der Waals surface area (Å²) in [5.41, 5.74) is 1.72. The van der Waals surface area contributed by atoms with Crippen LogP contribution in [0.3, 0.4) is 0 Å². The lowest BCUT2D eigenvalue weighted by Crippen LogP contribution is -2.43. The fourth-order valence-corrected chi connectivity index (χ4v) is 5.23. The number of likely N-dealkylation sites (tertiary alicyclic amines) is 1. The molecule has 0 aliphatic carbocycles. The van der Waals surface area contributed by atoms with E-state index in [1.54, 1.807) is 6.07 Å². The molecule has 8 heteroatoms. The molecule has 156 valence electrons. The van der Waals surface area contributed by atoms with Crippen LogP contribution in [0.1, 0.15) is 37.6 Å². The van der Waals surface area contributed by atoms with Crippen molar-refractivity contribution in [1.29, 1.82) is 0 Å². The summed E-state index contributed by atoms with van der Waals surface area (Å²) in [7, 11) is 0. The number of likely N-dealkylation sites (N-methyl/N-ethyl adjacent to an activating group) is 1. The Bertz CT molecular complexity index is 906. The van der Waals surface area contributed by atoms with E-state index in [0.717, 1.165) is 36.8 Å². The van der Waals surface area contributed by atoms with Gasteiger partial charge in [-0.1, -0.05) is 47.8 Å². The molecular formula is C21H26Cl3N5. The molecule has 2 fully saturated rings. The van der Waals surface area contributed by atoms with Crippen LogP contribution in [-0.2, 0) is 0 Å². The van der Waals surface area contributed by atoms with Crippen LogP contribution in [0, 0.1) is 12.8 Å². The highest BCUT2D eigenvalue weighted by Crippen LogP contribution is 2.34. The van der Waals surface area contributed by atoms with Gasteiger partial charge in [0.1, 0.15) is 5.02 Å². The Balaban J connectivity index is 1.58. The normalized spacial score (nSPS) is 22.8. The van der Waals surface area contributed by atoms with Crippen LogP contribution in [0.2, 0.25) is 15.1 Å². The molecule has 2 aliphatic heterocycles. The minimum absolute atomic E-state index is 0.0764. The zero-order valence-electron chi connectivity index (χ0n) is 16.9. The summed E-state index contributed by atoms with van der Waals surface area (Å²) in [5, 5.41) is 5.19. The first kappa shape index (κ1) is 21.0. The predicted molar refractivity (Wildman–Crippen MR) is 122 cm³/mol. The topological polar surface area (TPSA) is 44.3 Å². The third kappa shape index (κ3) is 4.29. The molecule has 0 spiro atoms. The van der Waals surface area contributed by atoms with Gasteiger partial charge in [0.15, 0.2) is 5.82 Å². The Morgan fingerprint density at radius 2 is 1.97 bits per heavy atom. The SMILES string of the molecule is CCN1CC2CC1CN(c1nc(C)c(Cl)c(NC(C)c3ccc(Cl)cc3Cl)n1)C2. The second-order valence-electron chi connectivity index (χ2n) is 8.05. The molecule has 29 heavy (non-hydrogen) atoms. The summed E-state index contributed by atoms with van der Waals surface area (Å²) in [6, 6.07) is 6.02. The molecule has 1 aromatic carbocycles. The number of benzene rings is 1. The number of anilines is 2. The molecule has 3 heterocycles. The number of rotatable bonds is 5. The maximum Gasteiger partial charge on any atom is 0.227 e. The van der Waals surface area contributed by atoms with Gasteiger partial charge >= 0.3 is 0 Å². The van der Waals surface area contributed by atoms with Gasteiger partial charge in [-0.2, -0.15) is 4.98 Å². The lowest BCUT2D eigenvalue weighted by Gasteiger charge is -2.33. The van der Waals surface area contributed by atoms with E-state index in [4.69, 9.17) is 44.8 Å². The van der Waals surface area contributed by atoms with Crippen LogP contribution in [0.15, 0.2) is 18.2 Å². The monoisotopic (exact) mass is 453 g/mol. The minimum atomic E-state index is -0.0764. The highest BCUT2D eigenvalue weighted by atomic mass is 35.5. The third-order valence-corrected chi connectivity index (χ3v) is 7.02. The van der Waals surface area contributed by atoms with E-state index in [2.05, 4.69) is 22.0 Å². The molecular weight excluding hydrogens is 429 g/mol. The first-order valence-electron chi connectivity index (χ1n) is 10.1. The molecule has 3 atom stereocenters. The summed E-state index contributed by atoms with van der Waals surface area (Å²) in [6.45, 7) is 10.4. The van der Waals surface area contributed by atoms with Crippen LogP contribution in [0.25, 0.3) is 0 Å². The minimum Gasteiger partial charge on any atom is -0.362 e. The van der Waals surface area contributed by atoms with Crippen molar-refractivity contribution in [2.45, 2.75) is 39.3 Å². The summed E-state index contributed by atoms with van der Waals surface area (Å²) < 4.78 is 0. The van der Waals surface area contributed by atoms with Gasteiger partial charge in [-0.3, -0.25) is 4.90 Å². The summed E-state index contributed by atoms with van der Waals surface area (Å²) >= 11 is 19.0. The second kappa shape index (κ2) is 8.46. The molecule has 2 aromatic rings. The van der Waals surface area contributed by atoms with Crippen molar-refractivity contribution < 1.29 is 0 Å². The van der Waals surface area contributed by atoms with Gasteiger partial charge in [-0.15, -0.1) is 0 Å². The molecule has 0 radical (unpaired) electrons. The number of nitrogens with zero attached hydrogens (tertiary/aromatic N) is 4. The molecule has 5 nitrogen and oxygen atoms in total. The van der Waals surface area contributed by atoms with Gasteiger partial charge in [0.05, 0.1) is 11.7 Å². The summed E-state index contributed by atoms with van der Waals surface area (Å²) in [6.07, 6.45) is 1.27. The number of hydrogen-bond acceptors (Lipinski definition) is 5. The largest absolute Gasteiger partial charge is 0.362 e. The maximum absolute atomic E-state index is 6.55. The van der Waals surface area contributed by atoms with E-state index in [0.29, 0.717) is 32.8 Å². The molecule has 0 saturated carbocycles. The Kier molecular flexibility index (Phi) is 6.12. The van der Waals surface area contributed by atoms with E-state index in [1.165, 1.54) is 13.0 Å². The van der Waals surface area contributed by atoms with E-state index in [1.807, 2.05) is 26.0 Å². The standard InChI is InChI=1S/C21H26Cl3N5/c1-4-28-9-14-7-16(28)11-29(10-14)21-26-13(3)19(24)20(27-21)25-12(2)17-6-5-15(22)8-18(17)23/h5-6,8,12,14,16H,4,7,9-11H2,1-3H3,(H,25,26,27). The van der Waals surface area contributed by atoms with E-state index < -0.39 is 0 Å². The van der Waals surface area contributed by atoms with Gasteiger partial charge in [-0.25, -0.2) is 4.98 Å². The number of nitrogens with one attached hydrogen (secondary N) is 1. The first-order valence-corrected chi connectivity index (χ1v) is 11.2. The molecule has 3 unspecified atom stereocenters. The van der Waals surface area contributed by atoms with Crippen LogP contribution in [0.4, 0.5) is 11.8 Å². The molecule has 2 saturated heterocycles. The smallest absolute Gasteiger partial charge is 0.227 e. The third-order valence-electron chi connectivity index (χ3n) is 6.00. The Labute approximate surface area is 187 Å². The number of aromatic nitrogens is 2. The Morgan fingerprint density at radius 3 is 2.69 bits per heavy atom. The van der Waals surface area contributed by atoms with Crippen LogP contribution >= 0.6 is 34.8 Å². The summed E-state index contributed by atoms with van der Waals surface area (Å²) in [5.74, 6) is 2.06. The van der Waals surface area contributed by atoms with Crippen molar-refractivity contribution in [2.75, 3.05) is 36.4 Å². The number of piperidine rings is 1. The average Bonchev–Trinajstić information content (AvgIpc) is 2.97. The first-order chi connectivity index (χ1) is 13.9. The van der Waals surface area contributed by atoms with Gasteiger partial charge in [-0.05, 0) is 50.4 Å². The molecule has 4 rings (SSSR count). The Hall–Kier alpha value is -1.27. The van der Waals surface area contributed by atoms with Gasteiger partial charge in [0.25, 0.3) is 0 Å². The number of hydrogen-bond donors (Lipinski definition) is 1. The van der Waals surface area contributed by atoms with Crippen molar-refractivity contribution in [3.63, 3.8) is 0 Å². The van der Waals surface area contributed by atoms with Crippen molar-refractivity contribution >= 4 is 46.6 Å². The number of fused-ring (bicyclic) bond motifs is 2. The Morgan fingerprint density at radius 1 is 1.17 bits per heavy atom. The summed E-state index contributed by atoms with van der Waals surface area (Å²) in [4.78, 5) is 14.4. The van der Waals surface area contributed by atoms with E-state index in [9.17, 15) is 0 Å². The zero-order valence-corrected chi connectivity index (χ0v) is 19.2. The maximum atomic E-state index is 6.55. The van der Waals surface area contributed by atoms with E-state index in [-0.39, 0.29) is 6.04 Å². The highest BCUT2D eigenvalue weighted by Gasteiger charge is 2.38. The van der Waals surface area contributed by atoms with Crippen molar-refractivity contribution in [2.24, 2.45) is 5.92 Å². The predicted octanol–water partition coefficient (Wildman–Crippen LogP) is 5.45. The zero-order chi connectivity index (χ0) is 20.7. The van der Waals surface area contributed by atoms with Gasteiger partial charge in [0.2, 0.25) is 5.95 Å². The average molecular weight is 455 g/mol. The van der Waals surface area contributed by atoms with Crippen molar-refractivity contribution in [3.05, 3.63) is 44.5 Å². The van der Waals surface area contributed by atoms with Crippen LogP contribution < -0.4 is 10.2 Å². The number of halogens is 3. The van der Waals surface area contributed by atoms with Crippen LogP contribution in [-0.4, -0.2) is 47.1 Å². The second-order valence-corrected chi connectivity index (χ2v) is 9.27. The van der Waals surface area contributed by atoms with Crippen molar-refractivity contribution in [3.8, 4) is 0 Å². The van der Waals surface area contributed by atoms with Crippen LogP contribution in [0.5, 0.6) is 0 Å². The lowest BCUT2D eigenvalue weighted by atomic mass is 10.0. The highest BCUT2D eigenvalue weighted by molar-refractivity contribution is 6.35. The lowest BCUT2D eigenvalue weighted by molar-refractivity contribution is 0.273. The van der Waals surface area contributed by atoms with E-state index >= 15 is 0 Å².